The molecule has 2 aromatic rings. The van der Waals surface area contributed by atoms with E-state index in [1.807, 2.05) is 13.8 Å². The number of halogens is 2. The van der Waals surface area contributed by atoms with Gasteiger partial charge in [0.25, 0.3) is 0 Å². The quantitative estimate of drug-likeness (QED) is 0.756. The van der Waals surface area contributed by atoms with E-state index in [1.54, 1.807) is 6.92 Å². The highest BCUT2D eigenvalue weighted by Gasteiger charge is 2.11. The lowest BCUT2D eigenvalue weighted by Crippen LogP contribution is -2.07. The monoisotopic (exact) mass is 323 g/mol. The van der Waals surface area contributed by atoms with Gasteiger partial charge in [0.2, 0.25) is 5.88 Å². The average molecular weight is 324 g/mol. The molecule has 0 amide bonds. The number of carbonyl (C=O) groups excluding carboxylic acids is 1. The van der Waals surface area contributed by atoms with Gasteiger partial charge in [-0.05, 0) is 32.4 Å². The normalized spacial score (nSPS) is 10.6. The molecule has 1 aromatic heterocycles. The molecule has 4 nitrogen and oxygen atoms in total. The molecule has 0 atom stereocenters. The Morgan fingerprint density at radius 1 is 1.32 bits per heavy atom. The molecule has 0 aliphatic heterocycles. The number of rotatable bonds is 5. The van der Waals surface area contributed by atoms with Gasteiger partial charge in [-0.1, -0.05) is 11.6 Å². The summed E-state index contributed by atoms with van der Waals surface area (Å²) in [6.45, 7) is 5.44. The standard InChI is InChI=1S/C16H15ClFNO3/c1-9(2)21-16-13(17)5-12(7-19-16)22-15-6-14(18)11(8-20)4-10(15)3/h4-9H,1-3H3. The fourth-order valence-corrected chi connectivity index (χ4v) is 1.99. The molecule has 0 aliphatic carbocycles. The van der Waals surface area contributed by atoms with Gasteiger partial charge in [0.15, 0.2) is 6.29 Å². The van der Waals surface area contributed by atoms with Gasteiger partial charge in [0.1, 0.15) is 22.3 Å². The van der Waals surface area contributed by atoms with E-state index in [-0.39, 0.29) is 11.7 Å². The van der Waals surface area contributed by atoms with Gasteiger partial charge in [0.05, 0.1) is 17.9 Å². The summed E-state index contributed by atoms with van der Waals surface area (Å²) in [5.74, 6) is 0.304. The number of pyridine rings is 1. The van der Waals surface area contributed by atoms with Crippen molar-refractivity contribution in [2.75, 3.05) is 0 Å². The molecule has 1 heterocycles. The van der Waals surface area contributed by atoms with Gasteiger partial charge < -0.3 is 9.47 Å². The lowest BCUT2D eigenvalue weighted by Gasteiger charge is -2.13. The molecule has 22 heavy (non-hydrogen) atoms. The number of hydrogen-bond donors (Lipinski definition) is 0. The highest BCUT2D eigenvalue weighted by Crippen LogP contribution is 2.31. The van der Waals surface area contributed by atoms with Crippen molar-refractivity contribution in [2.45, 2.75) is 26.9 Å². The highest BCUT2D eigenvalue weighted by atomic mass is 35.5. The van der Waals surface area contributed by atoms with Crippen molar-refractivity contribution >= 4 is 17.9 Å². The zero-order chi connectivity index (χ0) is 16.3. The molecule has 0 bridgehead atoms. The minimum atomic E-state index is -0.644. The van der Waals surface area contributed by atoms with E-state index in [2.05, 4.69) is 4.98 Å². The van der Waals surface area contributed by atoms with Crippen LogP contribution in [0.1, 0.15) is 29.8 Å². The smallest absolute Gasteiger partial charge is 0.233 e. The summed E-state index contributed by atoms with van der Waals surface area (Å²) in [5.41, 5.74) is 0.615. The third-order valence-corrected chi connectivity index (χ3v) is 3.05. The second-order valence-corrected chi connectivity index (χ2v) is 5.39. The second kappa shape index (κ2) is 6.75. The number of aromatic nitrogens is 1. The van der Waals surface area contributed by atoms with Crippen molar-refractivity contribution in [1.29, 1.82) is 0 Å². The maximum atomic E-state index is 13.6. The van der Waals surface area contributed by atoms with Crippen molar-refractivity contribution in [3.8, 4) is 17.4 Å². The summed E-state index contributed by atoms with van der Waals surface area (Å²) in [4.78, 5) is 14.8. The number of hydrogen-bond acceptors (Lipinski definition) is 4. The summed E-state index contributed by atoms with van der Waals surface area (Å²) in [6, 6.07) is 4.12. The van der Waals surface area contributed by atoms with Crippen LogP contribution in [0.25, 0.3) is 0 Å². The van der Waals surface area contributed by atoms with Crippen molar-refractivity contribution in [1.82, 2.24) is 4.98 Å². The van der Waals surface area contributed by atoms with Crippen LogP contribution in [-0.2, 0) is 0 Å². The number of benzene rings is 1. The van der Waals surface area contributed by atoms with Crippen LogP contribution >= 0.6 is 11.6 Å². The first kappa shape index (κ1) is 16.2. The Morgan fingerprint density at radius 2 is 2.05 bits per heavy atom. The van der Waals surface area contributed by atoms with Gasteiger partial charge in [-0.25, -0.2) is 9.37 Å². The van der Waals surface area contributed by atoms with Crippen LogP contribution in [0.15, 0.2) is 24.4 Å². The van der Waals surface area contributed by atoms with E-state index in [4.69, 9.17) is 21.1 Å². The molecule has 0 spiro atoms. The summed E-state index contributed by atoms with van der Waals surface area (Å²) in [5, 5.41) is 0.300. The van der Waals surface area contributed by atoms with Crippen LogP contribution in [0, 0.1) is 12.7 Å². The Labute approximate surface area is 132 Å². The fraction of sp³-hybridized carbons (Fsp3) is 0.250. The van der Waals surface area contributed by atoms with Gasteiger partial charge >= 0.3 is 0 Å². The number of aryl methyl sites for hydroxylation is 1. The van der Waals surface area contributed by atoms with E-state index in [0.717, 1.165) is 6.07 Å². The van der Waals surface area contributed by atoms with E-state index in [0.29, 0.717) is 34.3 Å². The third-order valence-electron chi connectivity index (χ3n) is 2.78. The lowest BCUT2D eigenvalue weighted by molar-refractivity contribution is 0.111. The highest BCUT2D eigenvalue weighted by molar-refractivity contribution is 6.31. The van der Waals surface area contributed by atoms with Crippen molar-refractivity contribution in [3.63, 3.8) is 0 Å². The topological polar surface area (TPSA) is 48.4 Å². The Hall–Kier alpha value is -2.14. The summed E-state index contributed by atoms with van der Waals surface area (Å²) in [7, 11) is 0. The summed E-state index contributed by atoms with van der Waals surface area (Å²) >= 11 is 6.07. The summed E-state index contributed by atoms with van der Waals surface area (Å²) in [6.07, 6.45) is 1.85. The first-order chi connectivity index (χ1) is 10.4. The first-order valence-electron chi connectivity index (χ1n) is 6.66. The molecule has 6 heteroatoms. The molecule has 0 radical (unpaired) electrons. The molecule has 0 unspecified atom stereocenters. The van der Waals surface area contributed by atoms with E-state index in [9.17, 15) is 9.18 Å². The van der Waals surface area contributed by atoms with Crippen molar-refractivity contribution in [2.24, 2.45) is 0 Å². The van der Waals surface area contributed by atoms with E-state index in [1.165, 1.54) is 18.3 Å². The molecule has 1 aromatic carbocycles. The SMILES string of the molecule is Cc1cc(C=O)c(F)cc1Oc1cnc(OC(C)C)c(Cl)c1. The number of ether oxygens (including phenoxy) is 2. The molecule has 0 N–H and O–H groups in total. The molecule has 0 saturated carbocycles. The van der Waals surface area contributed by atoms with E-state index >= 15 is 0 Å². The molecule has 2 rings (SSSR count). The van der Waals surface area contributed by atoms with Gasteiger partial charge in [-0.15, -0.1) is 0 Å². The van der Waals surface area contributed by atoms with Gasteiger partial charge in [-0.2, -0.15) is 0 Å². The molecular weight excluding hydrogens is 309 g/mol. The second-order valence-electron chi connectivity index (χ2n) is 4.98. The molecule has 0 aliphatic rings. The zero-order valence-corrected chi connectivity index (χ0v) is 13.1. The van der Waals surface area contributed by atoms with Crippen molar-refractivity contribution < 1.29 is 18.7 Å². The van der Waals surface area contributed by atoms with Crippen LogP contribution < -0.4 is 9.47 Å². The minimum absolute atomic E-state index is 0.0123. The summed E-state index contributed by atoms with van der Waals surface area (Å²) < 4.78 is 24.6. The number of carbonyl (C=O) groups is 1. The Kier molecular flexibility index (Phi) is 4.98. The maximum absolute atomic E-state index is 13.6. The zero-order valence-electron chi connectivity index (χ0n) is 12.4. The number of aldehydes is 1. The molecule has 116 valence electrons. The van der Waals surface area contributed by atoms with E-state index < -0.39 is 5.82 Å². The Balaban J connectivity index is 2.26. The fourth-order valence-electron chi connectivity index (χ4n) is 1.79. The molecule has 0 saturated heterocycles. The Bertz CT molecular complexity index is 704. The van der Waals surface area contributed by atoms with Crippen LogP contribution in [-0.4, -0.2) is 17.4 Å². The third kappa shape index (κ3) is 3.74. The minimum Gasteiger partial charge on any atom is -0.474 e. The lowest BCUT2D eigenvalue weighted by atomic mass is 10.1. The van der Waals surface area contributed by atoms with Crippen LogP contribution in [0.2, 0.25) is 5.02 Å². The maximum Gasteiger partial charge on any atom is 0.233 e. The van der Waals surface area contributed by atoms with Crippen LogP contribution in [0.5, 0.6) is 17.4 Å². The Morgan fingerprint density at radius 3 is 2.64 bits per heavy atom. The van der Waals surface area contributed by atoms with Gasteiger partial charge in [0, 0.05) is 12.1 Å². The van der Waals surface area contributed by atoms with Gasteiger partial charge in [-0.3, -0.25) is 4.79 Å². The first-order valence-corrected chi connectivity index (χ1v) is 7.04. The predicted molar refractivity (Wildman–Crippen MR) is 81.6 cm³/mol. The molecule has 0 fully saturated rings. The van der Waals surface area contributed by atoms with Crippen molar-refractivity contribution in [3.05, 3.63) is 46.4 Å². The predicted octanol–water partition coefficient (Wildman–Crippen LogP) is 4.57. The molecular formula is C16H15ClFNO3. The largest absolute Gasteiger partial charge is 0.474 e. The van der Waals surface area contributed by atoms with Crippen LogP contribution in [0.4, 0.5) is 4.39 Å². The average Bonchev–Trinajstić information content (AvgIpc) is 2.45. The van der Waals surface area contributed by atoms with Crippen LogP contribution in [0.3, 0.4) is 0 Å². The number of nitrogens with zero attached hydrogens (tertiary/aromatic N) is 1.